The van der Waals surface area contributed by atoms with Gasteiger partial charge in [0.05, 0.1) is 12.1 Å². The highest BCUT2D eigenvalue weighted by Gasteiger charge is 2.12. The summed E-state index contributed by atoms with van der Waals surface area (Å²) in [6.45, 7) is 4.67. The van der Waals surface area contributed by atoms with Crippen molar-refractivity contribution in [1.29, 1.82) is 0 Å². The molecular weight excluding hydrogens is 176 g/mol. The minimum absolute atomic E-state index is 0.0263. The van der Waals surface area contributed by atoms with Crippen LogP contribution in [0, 0.1) is 12.3 Å². The Kier molecular flexibility index (Phi) is 3.47. The molecule has 0 aliphatic heterocycles. The molecule has 0 spiro atoms. The fraction of sp³-hybridized carbons (Fsp3) is 0.455. The Hall–Kier alpha value is -1.56. The Labute approximate surface area is 84.1 Å². The third kappa shape index (κ3) is 2.02. The first-order valence-corrected chi connectivity index (χ1v) is 4.76. The fourth-order valence-electron chi connectivity index (χ4n) is 1.29. The molecule has 1 aromatic rings. The van der Waals surface area contributed by atoms with Crippen LogP contribution in [0.5, 0.6) is 0 Å². The van der Waals surface area contributed by atoms with Crippen LogP contribution in [0.2, 0.25) is 0 Å². The van der Waals surface area contributed by atoms with Gasteiger partial charge in [0.1, 0.15) is 5.69 Å². The molecule has 0 saturated heterocycles. The molecule has 0 saturated carbocycles. The molecule has 0 unspecified atom stereocenters. The van der Waals surface area contributed by atoms with Crippen LogP contribution < -0.4 is 0 Å². The van der Waals surface area contributed by atoms with Crippen LogP contribution in [0.3, 0.4) is 0 Å². The molecule has 0 fully saturated rings. The Balaban J connectivity index is 3.01. The summed E-state index contributed by atoms with van der Waals surface area (Å²) < 4.78 is 1.71. The summed E-state index contributed by atoms with van der Waals surface area (Å²) >= 11 is 0. The third-order valence-corrected chi connectivity index (χ3v) is 2.04. The average molecular weight is 190 g/mol. The largest absolute Gasteiger partial charge is 0.291 e. The van der Waals surface area contributed by atoms with Gasteiger partial charge in [0.15, 0.2) is 5.78 Å². The maximum absolute atomic E-state index is 11.6. The van der Waals surface area contributed by atoms with Crippen molar-refractivity contribution in [3.8, 4) is 12.3 Å². The summed E-state index contributed by atoms with van der Waals surface area (Å²) in [7, 11) is 0. The van der Waals surface area contributed by atoms with E-state index in [0.29, 0.717) is 12.2 Å². The normalized spacial score (nSPS) is 9.79. The van der Waals surface area contributed by atoms with Crippen LogP contribution in [0.1, 0.15) is 36.5 Å². The predicted molar refractivity (Wildman–Crippen MR) is 55.1 cm³/mol. The number of rotatable bonds is 4. The molecule has 0 radical (unpaired) electrons. The summed E-state index contributed by atoms with van der Waals surface area (Å²) in [5, 5.41) is 4.28. The van der Waals surface area contributed by atoms with E-state index in [-0.39, 0.29) is 12.2 Å². The zero-order valence-corrected chi connectivity index (χ0v) is 8.58. The van der Waals surface area contributed by atoms with Gasteiger partial charge >= 0.3 is 0 Å². The van der Waals surface area contributed by atoms with E-state index in [1.54, 1.807) is 4.68 Å². The molecule has 1 rings (SSSR count). The number of nitrogens with zero attached hydrogens (tertiary/aromatic N) is 2. The third-order valence-electron chi connectivity index (χ3n) is 2.04. The monoisotopic (exact) mass is 190 g/mol. The predicted octanol–water partition coefficient (Wildman–Crippen LogP) is 1.67. The molecule has 0 aliphatic rings. The molecule has 0 amide bonds. The van der Waals surface area contributed by atoms with Crippen LogP contribution >= 0.6 is 0 Å². The molecular formula is C11H14N2O. The number of Topliss-reactive ketones (excluding diaryl/α,β-unsaturated/α-hetero) is 1. The highest BCUT2D eigenvalue weighted by atomic mass is 16.1. The zero-order chi connectivity index (χ0) is 10.6. The minimum Gasteiger partial charge on any atom is -0.291 e. The number of terminal acetylenes is 1. The highest BCUT2D eigenvalue weighted by molar-refractivity contribution is 5.96. The lowest BCUT2D eigenvalue weighted by Gasteiger charge is -2.00. The van der Waals surface area contributed by atoms with Crippen molar-refractivity contribution in [2.75, 3.05) is 0 Å². The topological polar surface area (TPSA) is 34.9 Å². The van der Waals surface area contributed by atoms with Crippen molar-refractivity contribution >= 4 is 5.78 Å². The van der Waals surface area contributed by atoms with Gasteiger partial charge in [0.25, 0.3) is 0 Å². The van der Waals surface area contributed by atoms with Gasteiger partial charge in [-0.25, -0.2) is 0 Å². The van der Waals surface area contributed by atoms with Crippen molar-refractivity contribution in [3.63, 3.8) is 0 Å². The van der Waals surface area contributed by atoms with E-state index < -0.39 is 0 Å². The Morgan fingerprint density at radius 2 is 2.36 bits per heavy atom. The molecule has 3 nitrogen and oxygen atoms in total. The van der Waals surface area contributed by atoms with Gasteiger partial charge in [-0.15, -0.1) is 6.42 Å². The van der Waals surface area contributed by atoms with Crippen LogP contribution in [0.15, 0.2) is 6.07 Å². The summed E-state index contributed by atoms with van der Waals surface area (Å²) in [4.78, 5) is 11.6. The lowest BCUT2D eigenvalue weighted by molar-refractivity contribution is 0.0988. The SMILES string of the molecule is C#CCC(=O)c1cc(CC)nn1CC. The Morgan fingerprint density at radius 1 is 1.64 bits per heavy atom. The Bertz CT molecular complexity index is 371. The standard InChI is InChI=1S/C11H14N2O/c1-4-7-11(14)10-8-9(5-2)12-13(10)6-3/h1,8H,5-7H2,2-3H3. The van der Waals surface area contributed by atoms with Gasteiger partial charge in [0, 0.05) is 6.54 Å². The molecule has 1 aromatic heterocycles. The van der Waals surface area contributed by atoms with E-state index in [9.17, 15) is 4.79 Å². The fourth-order valence-corrected chi connectivity index (χ4v) is 1.29. The maximum Gasteiger partial charge on any atom is 0.192 e. The van der Waals surface area contributed by atoms with E-state index in [4.69, 9.17) is 6.42 Å². The van der Waals surface area contributed by atoms with E-state index >= 15 is 0 Å². The van der Waals surface area contributed by atoms with Crippen LogP contribution in [0.4, 0.5) is 0 Å². The lowest BCUT2D eigenvalue weighted by atomic mass is 10.2. The molecule has 1 heterocycles. The summed E-state index contributed by atoms with van der Waals surface area (Å²) in [5.74, 6) is 2.33. The zero-order valence-electron chi connectivity index (χ0n) is 8.58. The summed E-state index contributed by atoms with van der Waals surface area (Å²) in [5.41, 5.74) is 1.56. The number of hydrogen-bond acceptors (Lipinski definition) is 2. The van der Waals surface area contributed by atoms with Gasteiger partial charge in [-0.3, -0.25) is 9.48 Å². The second-order valence-electron chi connectivity index (χ2n) is 2.99. The summed E-state index contributed by atoms with van der Waals surface area (Å²) in [6, 6.07) is 1.82. The summed E-state index contributed by atoms with van der Waals surface area (Å²) in [6.07, 6.45) is 6.08. The van der Waals surface area contributed by atoms with Crippen molar-refractivity contribution in [2.45, 2.75) is 33.2 Å². The van der Waals surface area contributed by atoms with Crippen LogP contribution in [-0.2, 0) is 13.0 Å². The molecule has 0 N–H and O–H groups in total. The van der Waals surface area contributed by atoms with Gasteiger partial charge in [0.2, 0.25) is 0 Å². The Morgan fingerprint density at radius 3 is 2.86 bits per heavy atom. The second kappa shape index (κ2) is 4.61. The van der Waals surface area contributed by atoms with E-state index in [1.807, 2.05) is 19.9 Å². The first-order chi connectivity index (χ1) is 6.72. The molecule has 3 heteroatoms. The quantitative estimate of drug-likeness (QED) is 0.534. The smallest absolute Gasteiger partial charge is 0.192 e. The molecule has 14 heavy (non-hydrogen) atoms. The van der Waals surface area contributed by atoms with Gasteiger partial charge in [-0.05, 0) is 19.4 Å². The number of carbonyl (C=O) groups excluding carboxylic acids is 1. The molecule has 0 bridgehead atoms. The number of aryl methyl sites for hydroxylation is 2. The van der Waals surface area contributed by atoms with Gasteiger partial charge < -0.3 is 0 Å². The maximum atomic E-state index is 11.6. The number of aromatic nitrogens is 2. The molecule has 0 aromatic carbocycles. The van der Waals surface area contributed by atoms with Gasteiger partial charge in [-0.1, -0.05) is 12.8 Å². The van der Waals surface area contributed by atoms with E-state index in [0.717, 1.165) is 12.1 Å². The first-order valence-electron chi connectivity index (χ1n) is 4.76. The van der Waals surface area contributed by atoms with E-state index in [1.165, 1.54) is 0 Å². The van der Waals surface area contributed by atoms with Crippen molar-refractivity contribution in [2.24, 2.45) is 0 Å². The van der Waals surface area contributed by atoms with Crippen molar-refractivity contribution < 1.29 is 4.79 Å². The first kappa shape index (κ1) is 10.5. The van der Waals surface area contributed by atoms with Crippen molar-refractivity contribution in [1.82, 2.24) is 9.78 Å². The second-order valence-corrected chi connectivity index (χ2v) is 2.99. The number of carbonyl (C=O) groups is 1. The molecule has 0 atom stereocenters. The lowest BCUT2D eigenvalue weighted by Crippen LogP contribution is -2.08. The molecule has 74 valence electrons. The van der Waals surface area contributed by atoms with Gasteiger partial charge in [-0.2, -0.15) is 5.10 Å². The minimum atomic E-state index is -0.0263. The molecule has 0 aliphatic carbocycles. The highest BCUT2D eigenvalue weighted by Crippen LogP contribution is 2.07. The van der Waals surface area contributed by atoms with Crippen LogP contribution in [0.25, 0.3) is 0 Å². The number of hydrogen-bond donors (Lipinski definition) is 0. The number of ketones is 1. The van der Waals surface area contributed by atoms with Crippen LogP contribution in [-0.4, -0.2) is 15.6 Å². The average Bonchev–Trinajstić information content (AvgIpc) is 2.61. The van der Waals surface area contributed by atoms with Crippen molar-refractivity contribution in [3.05, 3.63) is 17.5 Å². The van der Waals surface area contributed by atoms with E-state index in [2.05, 4.69) is 11.0 Å².